The summed E-state index contributed by atoms with van der Waals surface area (Å²) in [5.41, 5.74) is 1.88. The molecule has 0 spiro atoms. The van der Waals surface area contributed by atoms with Gasteiger partial charge in [0.25, 0.3) is 0 Å². The number of benzene rings is 2. The van der Waals surface area contributed by atoms with Gasteiger partial charge in [-0.05, 0) is 43.2 Å². The third kappa shape index (κ3) is 4.05. The van der Waals surface area contributed by atoms with Crippen molar-refractivity contribution in [2.45, 2.75) is 38.7 Å². The van der Waals surface area contributed by atoms with E-state index in [1.165, 1.54) is 6.42 Å². The summed E-state index contributed by atoms with van der Waals surface area (Å²) >= 11 is 6.21. The lowest BCUT2D eigenvalue weighted by molar-refractivity contribution is -0.139. The number of allylic oxidation sites excluding steroid dienone is 1. The van der Waals surface area contributed by atoms with Crippen molar-refractivity contribution in [2.75, 3.05) is 6.79 Å². The van der Waals surface area contributed by atoms with Crippen molar-refractivity contribution in [3.63, 3.8) is 0 Å². The molecular weight excluding hydrogens is 420 g/mol. The molecule has 3 aliphatic rings. The van der Waals surface area contributed by atoms with E-state index in [0.717, 1.165) is 31.2 Å². The van der Waals surface area contributed by atoms with E-state index >= 15 is 0 Å². The van der Waals surface area contributed by atoms with Crippen LogP contribution in [0.25, 0.3) is 6.08 Å². The van der Waals surface area contributed by atoms with Gasteiger partial charge >= 0.3 is 5.97 Å². The normalized spacial score (nSPS) is 19.4. The molecule has 1 saturated carbocycles. The standard InChI is InChI=1S/C24H21ClO6/c25-17-8-15(23-16(9-17)12-28-13-29-23)10-21-22(26)19-7-6-18(11-20(19)31-21)30-24(27)14-4-2-1-3-5-14/h6-11,14H,1-5,12-13H2/b21-10-. The minimum atomic E-state index is -0.249. The van der Waals surface area contributed by atoms with Crippen LogP contribution >= 0.6 is 11.6 Å². The van der Waals surface area contributed by atoms with Gasteiger partial charge in [-0.25, -0.2) is 0 Å². The second-order valence-corrected chi connectivity index (χ2v) is 8.38. The highest BCUT2D eigenvalue weighted by molar-refractivity contribution is 6.31. The summed E-state index contributed by atoms with van der Waals surface area (Å²) in [6, 6.07) is 8.34. The number of ketones is 1. The van der Waals surface area contributed by atoms with Crippen LogP contribution in [0.2, 0.25) is 5.02 Å². The molecule has 2 aromatic rings. The van der Waals surface area contributed by atoms with Gasteiger partial charge in [0, 0.05) is 22.2 Å². The first-order chi connectivity index (χ1) is 15.1. The molecule has 6 nitrogen and oxygen atoms in total. The molecule has 5 rings (SSSR count). The first kappa shape index (κ1) is 20.1. The van der Waals surface area contributed by atoms with E-state index in [-0.39, 0.29) is 30.2 Å². The maximum absolute atomic E-state index is 12.8. The van der Waals surface area contributed by atoms with Crippen LogP contribution < -0.4 is 14.2 Å². The number of ether oxygens (including phenoxy) is 4. The Morgan fingerprint density at radius 3 is 2.81 bits per heavy atom. The number of halogens is 1. The van der Waals surface area contributed by atoms with E-state index < -0.39 is 0 Å². The lowest BCUT2D eigenvalue weighted by Gasteiger charge is -2.20. The second kappa shape index (κ2) is 8.36. The van der Waals surface area contributed by atoms with Gasteiger partial charge < -0.3 is 18.9 Å². The monoisotopic (exact) mass is 440 g/mol. The van der Waals surface area contributed by atoms with Crippen molar-refractivity contribution < 1.29 is 28.5 Å². The third-order valence-corrected chi connectivity index (χ3v) is 6.01. The molecule has 0 N–H and O–H groups in total. The SMILES string of the molecule is O=C1/C(=C/c2cc(Cl)cc3c2OCOC3)Oc2cc(OC(=O)C3CCCCC3)ccc21. The molecule has 2 aliphatic heterocycles. The van der Waals surface area contributed by atoms with Gasteiger partial charge in [0.1, 0.15) is 17.2 Å². The maximum atomic E-state index is 12.8. The van der Waals surface area contributed by atoms with Gasteiger partial charge in [0.2, 0.25) is 5.78 Å². The van der Waals surface area contributed by atoms with Crippen LogP contribution in [0.3, 0.4) is 0 Å². The molecule has 1 aliphatic carbocycles. The fourth-order valence-corrected chi connectivity index (χ4v) is 4.47. The molecule has 7 heteroatoms. The van der Waals surface area contributed by atoms with Crippen LogP contribution in [0.5, 0.6) is 17.2 Å². The number of carbonyl (C=O) groups excluding carboxylic acids is 2. The average Bonchev–Trinajstić information content (AvgIpc) is 3.09. The molecule has 0 amide bonds. The number of esters is 1. The van der Waals surface area contributed by atoms with E-state index in [0.29, 0.717) is 40.0 Å². The van der Waals surface area contributed by atoms with E-state index in [1.807, 2.05) is 0 Å². The summed E-state index contributed by atoms with van der Waals surface area (Å²) in [7, 11) is 0. The van der Waals surface area contributed by atoms with E-state index in [4.69, 9.17) is 30.5 Å². The molecule has 160 valence electrons. The molecule has 0 saturated heterocycles. The van der Waals surface area contributed by atoms with Crippen LogP contribution in [-0.4, -0.2) is 18.5 Å². The minimum absolute atomic E-state index is 0.0574. The van der Waals surface area contributed by atoms with Crippen LogP contribution in [0.4, 0.5) is 0 Å². The molecule has 0 radical (unpaired) electrons. The highest BCUT2D eigenvalue weighted by atomic mass is 35.5. The molecule has 31 heavy (non-hydrogen) atoms. The molecule has 2 aromatic carbocycles. The van der Waals surface area contributed by atoms with E-state index in [9.17, 15) is 9.59 Å². The first-order valence-corrected chi connectivity index (χ1v) is 10.8. The van der Waals surface area contributed by atoms with Crippen molar-refractivity contribution >= 4 is 29.4 Å². The number of carbonyl (C=O) groups is 2. The summed E-state index contributed by atoms with van der Waals surface area (Å²) < 4.78 is 22.3. The van der Waals surface area contributed by atoms with Gasteiger partial charge in [-0.3, -0.25) is 9.59 Å². The maximum Gasteiger partial charge on any atom is 0.314 e. The van der Waals surface area contributed by atoms with Gasteiger partial charge in [0.15, 0.2) is 12.6 Å². The molecule has 0 atom stereocenters. The zero-order valence-corrected chi connectivity index (χ0v) is 17.6. The number of hydrogen-bond donors (Lipinski definition) is 0. The zero-order valence-electron chi connectivity index (χ0n) is 16.8. The topological polar surface area (TPSA) is 71.1 Å². The number of Topliss-reactive ketones (excluding diaryl/α,β-unsaturated/α-hetero) is 1. The van der Waals surface area contributed by atoms with Crippen LogP contribution in [-0.2, 0) is 16.1 Å². The fraction of sp³-hybridized carbons (Fsp3) is 0.333. The van der Waals surface area contributed by atoms with Crippen molar-refractivity contribution in [3.8, 4) is 17.2 Å². The summed E-state index contributed by atoms with van der Waals surface area (Å²) in [6.07, 6.45) is 6.62. The Morgan fingerprint density at radius 2 is 1.97 bits per heavy atom. The summed E-state index contributed by atoms with van der Waals surface area (Å²) in [5.74, 6) is 1.00. The molecule has 0 bridgehead atoms. The number of hydrogen-bond acceptors (Lipinski definition) is 6. The lowest BCUT2D eigenvalue weighted by atomic mass is 9.89. The smallest absolute Gasteiger partial charge is 0.314 e. The molecular formula is C24H21ClO6. The van der Waals surface area contributed by atoms with Gasteiger partial charge in [0.05, 0.1) is 18.1 Å². The highest BCUT2D eigenvalue weighted by Gasteiger charge is 2.30. The average molecular weight is 441 g/mol. The van der Waals surface area contributed by atoms with E-state index in [2.05, 4.69) is 0 Å². The van der Waals surface area contributed by atoms with Crippen LogP contribution in [0, 0.1) is 5.92 Å². The minimum Gasteiger partial charge on any atom is -0.467 e. The Balaban J connectivity index is 1.38. The summed E-state index contributed by atoms with van der Waals surface area (Å²) in [4.78, 5) is 25.3. The second-order valence-electron chi connectivity index (χ2n) is 7.95. The Morgan fingerprint density at radius 1 is 1.13 bits per heavy atom. The number of fused-ring (bicyclic) bond motifs is 2. The fourth-order valence-electron chi connectivity index (χ4n) is 4.23. The zero-order chi connectivity index (χ0) is 21.4. The molecule has 1 fully saturated rings. The quantitative estimate of drug-likeness (QED) is 0.366. The van der Waals surface area contributed by atoms with Crippen molar-refractivity contribution in [3.05, 3.63) is 57.8 Å². The van der Waals surface area contributed by atoms with E-state index in [1.54, 1.807) is 36.4 Å². The number of rotatable bonds is 3. The van der Waals surface area contributed by atoms with Gasteiger partial charge in [-0.15, -0.1) is 0 Å². The largest absolute Gasteiger partial charge is 0.467 e. The Kier molecular flexibility index (Phi) is 5.42. The Labute approximate surface area is 184 Å². The summed E-state index contributed by atoms with van der Waals surface area (Å²) in [5, 5.41) is 0.513. The molecule has 0 aromatic heterocycles. The molecule has 0 unspecified atom stereocenters. The van der Waals surface area contributed by atoms with Crippen molar-refractivity contribution in [2.24, 2.45) is 5.92 Å². The first-order valence-electron chi connectivity index (χ1n) is 10.4. The third-order valence-electron chi connectivity index (χ3n) is 5.79. The van der Waals surface area contributed by atoms with Crippen LogP contribution in [0.1, 0.15) is 53.6 Å². The predicted molar refractivity (Wildman–Crippen MR) is 113 cm³/mol. The summed E-state index contributed by atoms with van der Waals surface area (Å²) in [6.45, 7) is 0.520. The Bertz CT molecular complexity index is 1080. The van der Waals surface area contributed by atoms with Gasteiger partial charge in [-0.1, -0.05) is 30.9 Å². The van der Waals surface area contributed by atoms with Crippen LogP contribution in [0.15, 0.2) is 36.1 Å². The molecule has 2 heterocycles. The highest BCUT2D eigenvalue weighted by Crippen LogP contribution is 2.38. The Hall–Kier alpha value is -2.83. The lowest BCUT2D eigenvalue weighted by Crippen LogP contribution is -2.22. The predicted octanol–water partition coefficient (Wildman–Crippen LogP) is 5.31. The van der Waals surface area contributed by atoms with Crippen molar-refractivity contribution in [1.82, 2.24) is 0 Å². The van der Waals surface area contributed by atoms with Crippen molar-refractivity contribution in [1.29, 1.82) is 0 Å². The van der Waals surface area contributed by atoms with Gasteiger partial charge in [-0.2, -0.15) is 0 Å².